The lowest BCUT2D eigenvalue weighted by atomic mass is 10.3. The third kappa shape index (κ3) is 2.75. The largest absolute Gasteiger partial charge is 0.497 e. The molecule has 1 aromatic carbocycles. The quantitative estimate of drug-likeness (QED) is 0.387. The number of nitrogens with two attached hydrogens (primary N) is 1. The van der Waals surface area contributed by atoms with Crippen molar-refractivity contribution < 1.29 is 14.7 Å². The third-order valence-electron chi connectivity index (χ3n) is 1.74. The Labute approximate surface area is 87.3 Å². The molecule has 0 bridgehead atoms. The van der Waals surface area contributed by atoms with E-state index in [1.807, 2.05) is 0 Å². The molecule has 0 atom stereocenters. The van der Waals surface area contributed by atoms with Crippen molar-refractivity contribution in [2.75, 3.05) is 14.2 Å². The van der Waals surface area contributed by atoms with E-state index in [2.05, 4.69) is 4.99 Å². The van der Waals surface area contributed by atoms with Crippen molar-refractivity contribution in [3.8, 4) is 11.5 Å². The number of nitrogens with zero attached hydrogens (tertiary/aromatic N) is 1. The van der Waals surface area contributed by atoms with Gasteiger partial charge in [-0.15, -0.1) is 0 Å². The zero-order chi connectivity index (χ0) is 11.3. The highest BCUT2D eigenvalue weighted by Crippen LogP contribution is 2.31. The van der Waals surface area contributed by atoms with Crippen molar-refractivity contribution in [2.24, 2.45) is 10.7 Å². The molecule has 0 aromatic heterocycles. The molecule has 1 aromatic rings. The summed E-state index contributed by atoms with van der Waals surface area (Å²) in [5, 5.41) is 8.51. The van der Waals surface area contributed by atoms with E-state index in [-0.39, 0.29) is 5.96 Å². The van der Waals surface area contributed by atoms with Crippen LogP contribution in [-0.4, -0.2) is 25.4 Å². The van der Waals surface area contributed by atoms with Crippen LogP contribution in [0.25, 0.3) is 0 Å². The van der Waals surface area contributed by atoms with E-state index in [1.54, 1.807) is 30.8 Å². The van der Waals surface area contributed by atoms with Crippen molar-refractivity contribution in [3.63, 3.8) is 0 Å². The smallest absolute Gasteiger partial charge is 0.218 e. The van der Waals surface area contributed by atoms with Crippen molar-refractivity contribution >= 4 is 11.6 Å². The van der Waals surface area contributed by atoms with Crippen molar-refractivity contribution in [1.29, 1.82) is 0 Å². The summed E-state index contributed by atoms with van der Waals surface area (Å²) in [7, 11) is 3.06. The van der Waals surface area contributed by atoms with Crippen LogP contribution in [0.4, 0.5) is 5.69 Å². The molecule has 4 N–H and O–H groups in total. The molecule has 82 valence electrons. The van der Waals surface area contributed by atoms with Crippen LogP contribution >= 0.6 is 0 Å². The zero-order valence-corrected chi connectivity index (χ0v) is 8.52. The summed E-state index contributed by atoms with van der Waals surface area (Å²) in [5.74, 6) is 1.04. The molecule has 0 saturated carbocycles. The average Bonchev–Trinajstić information content (AvgIpc) is 2.28. The molecule has 0 saturated heterocycles. The molecule has 1 rings (SSSR count). The van der Waals surface area contributed by atoms with Gasteiger partial charge in [-0.25, -0.2) is 10.5 Å². The second-order valence-corrected chi connectivity index (χ2v) is 2.65. The van der Waals surface area contributed by atoms with Crippen LogP contribution < -0.4 is 20.7 Å². The maximum Gasteiger partial charge on any atom is 0.218 e. The van der Waals surface area contributed by atoms with E-state index in [1.165, 1.54) is 7.11 Å². The molecule has 0 aliphatic carbocycles. The molecule has 6 heteroatoms. The Morgan fingerprint density at radius 2 is 2.13 bits per heavy atom. The summed E-state index contributed by atoms with van der Waals surface area (Å²) in [6.45, 7) is 0. The van der Waals surface area contributed by atoms with E-state index in [4.69, 9.17) is 20.4 Å². The fourth-order valence-corrected chi connectivity index (χ4v) is 1.04. The highest BCUT2D eigenvalue weighted by atomic mass is 16.5. The average molecular weight is 211 g/mol. The van der Waals surface area contributed by atoms with E-state index in [0.717, 1.165) is 0 Å². The molecule has 0 unspecified atom stereocenters. The molecule has 6 nitrogen and oxygen atoms in total. The Morgan fingerprint density at radius 1 is 1.40 bits per heavy atom. The van der Waals surface area contributed by atoms with Gasteiger partial charge in [0.25, 0.3) is 0 Å². The van der Waals surface area contributed by atoms with Crippen molar-refractivity contribution in [3.05, 3.63) is 18.2 Å². The minimum atomic E-state index is -0.124. The van der Waals surface area contributed by atoms with Gasteiger partial charge in [-0.05, 0) is 12.1 Å². The molecule has 15 heavy (non-hydrogen) atoms. The summed E-state index contributed by atoms with van der Waals surface area (Å²) >= 11 is 0. The lowest BCUT2D eigenvalue weighted by Gasteiger charge is -2.07. The summed E-state index contributed by atoms with van der Waals surface area (Å²) in [6, 6.07) is 5.08. The number of aliphatic imine (C=N–C) groups is 1. The van der Waals surface area contributed by atoms with Crippen molar-refractivity contribution in [2.45, 2.75) is 0 Å². The first-order valence-corrected chi connectivity index (χ1v) is 4.17. The topological polar surface area (TPSA) is 89.1 Å². The van der Waals surface area contributed by atoms with Crippen LogP contribution in [0.15, 0.2) is 23.2 Å². The highest BCUT2D eigenvalue weighted by Gasteiger charge is 2.04. The highest BCUT2D eigenvalue weighted by molar-refractivity contribution is 5.81. The molecule has 0 fully saturated rings. The van der Waals surface area contributed by atoms with Gasteiger partial charge in [-0.3, -0.25) is 5.21 Å². The summed E-state index contributed by atoms with van der Waals surface area (Å²) in [6.07, 6.45) is 0. The predicted molar refractivity (Wildman–Crippen MR) is 55.8 cm³/mol. The van der Waals surface area contributed by atoms with Crippen LogP contribution in [0.2, 0.25) is 0 Å². The lowest BCUT2D eigenvalue weighted by molar-refractivity contribution is 0.233. The number of hydrogen-bond donors (Lipinski definition) is 3. The molecule has 0 aliphatic heterocycles. The van der Waals surface area contributed by atoms with Crippen LogP contribution in [-0.2, 0) is 0 Å². The van der Waals surface area contributed by atoms with Crippen LogP contribution in [0.1, 0.15) is 0 Å². The van der Waals surface area contributed by atoms with Crippen LogP contribution in [0.3, 0.4) is 0 Å². The third-order valence-corrected chi connectivity index (χ3v) is 1.74. The lowest BCUT2D eigenvalue weighted by Crippen LogP contribution is -2.27. The Balaban J connectivity index is 3.12. The molecular formula is C9H13N3O3. The van der Waals surface area contributed by atoms with E-state index < -0.39 is 0 Å². The molecular weight excluding hydrogens is 198 g/mol. The molecule has 0 radical (unpaired) electrons. The SMILES string of the molecule is COc1ccc(OC)c(N=C(N)NO)c1. The number of guanidine groups is 1. The van der Waals surface area contributed by atoms with Gasteiger partial charge < -0.3 is 15.2 Å². The summed E-state index contributed by atoms with van der Waals surface area (Å²) in [5.41, 5.74) is 7.51. The minimum absolute atomic E-state index is 0.124. The van der Waals surface area contributed by atoms with Gasteiger partial charge >= 0.3 is 0 Å². The van der Waals surface area contributed by atoms with Gasteiger partial charge in [0.15, 0.2) is 0 Å². The molecule has 0 spiro atoms. The molecule has 0 heterocycles. The fourth-order valence-electron chi connectivity index (χ4n) is 1.04. The number of hydroxylamine groups is 1. The van der Waals surface area contributed by atoms with Gasteiger partial charge in [-0.1, -0.05) is 0 Å². The second kappa shape index (κ2) is 5.06. The summed E-state index contributed by atoms with van der Waals surface area (Å²) in [4.78, 5) is 3.89. The molecule has 0 amide bonds. The number of benzene rings is 1. The maximum atomic E-state index is 8.51. The fraction of sp³-hybridized carbons (Fsp3) is 0.222. The van der Waals surface area contributed by atoms with E-state index in [9.17, 15) is 0 Å². The number of methoxy groups -OCH3 is 2. The van der Waals surface area contributed by atoms with Gasteiger partial charge in [0, 0.05) is 6.07 Å². The second-order valence-electron chi connectivity index (χ2n) is 2.65. The first kappa shape index (κ1) is 11.1. The predicted octanol–water partition coefficient (Wildman–Crippen LogP) is 0.629. The monoisotopic (exact) mass is 211 g/mol. The Kier molecular flexibility index (Phi) is 3.75. The van der Waals surface area contributed by atoms with Crippen LogP contribution in [0, 0.1) is 0 Å². The number of ether oxygens (including phenoxy) is 2. The number of rotatable bonds is 3. The van der Waals surface area contributed by atoms with Gasteiger partial charge in [0.2, 0.25) is 5.96 Å². The first-order valence-electron chi connectivity index (χ1n) is 4.17. The van der Waals surface area contributed by atoms with E-state index in [0.29, 0.717) is 17.2 Å². The van der Waals surface area contributed by atoms with Crippen molar-refractivity contribution in [1.82, 2.24) is 5.48 Å². The van der Waals surface area contributed by atoms with Gasteiger partial charge in [0.05, 0.1) is 14.2 Å². The van der Waals surface area contributed by atoms with Gasteiger partial charge in [0.1, 0.15) is 17.2 Å². The normalized spacial score (nSPS) is 11.0. The Bertz CT molecular complexity index is 366. The summed E-state index contributed by atoms with van der Waals surface area (Å²) < 4.78 is 10.1. The zero-order valence-electron chi connectivity index (χ0n) is 8.52. The standard InChI is InChI=1S/C9H13N3O3/c1-14-6-3-4-8(15-2)7(5-6)11-9(10)12-13/h3-5,13H,1-2H3,(H3,10,11,12). The first-order chi connectivity index (χ1) is 7.21. The maximum absolute atomic E-state index is 8.51. The van der Waals surface area contributed by atoms with Crippen LogP contribution in [0.5, 0.6) is 11.5 Å². The van der Waals surface area contributed by atoms with Gasteiger partial charge in [-0.2, -0.15) is 0 Å². The Hall–Kier alpha value is -1.95. The molecule has 0 aliphatic rings. The minimum Gasteiger partial charge on any atom is -0.497 e. The van der Waals surface area contributed by atoms with E-state index >= 15 is 0 Å². The number of nitrogens with one attached hydrogen (secondary N) is 1. The Morgan fingerprint density at radius 3 is 2.67 bits per heavy atom. The number of hydrogen-bond acceptors (Lipinski definition) is 4.